The minimum absolute atomic E-state index is 0.0569. The van der Waals surface area contributed by atoms with E-state index in [4.69, 9.17) is 4.74 Å². The molecule has 2 fully saturated rings. The van der Waals surface area contributed by atoms with Crippen LogP contribution in [0.25, 0.3) is 0 Å². The second-order valence-corrected chi connectivity index (χ2v) is 10.0. The number of sulfonamides is 1. The number of hydrogen-bond acceptors (Lipinski definition) is 5. The first kappa shape index (κ1) is 22.7. The van der Waals surface area contributed by atoms with Crippen molar-refractivity contribution in [3.8, 4) is 0 Å². The van der Waals surface area contributed by atoms with Crippen molar-refractivity contribution in [2.45, 2.75) is 50.0 Å². The van der Waals surface area contributed by atoms with Gasteiger partial charge in [0, 0.05) is 38.9 Å². The summed E-state index contributed by atoms with van der Waals surface area (Å²) in [5, 5.41) is 2.81. The van der Waals surface area contributed by atoms with Gasteiger partial charge in [-0.3, -0.25) is 9.59 Å². The zero-order chi connectivity index (χ0) is 21.7. The molecule has 1 aromatic carbocycles. The summed E-state index contributed by atoms with van der Waals surface area (Å²) in [4.78, 5) is 26.7. The quantitative estimate of drug-likeness (QED) is 0.705. The summed E-state index contributed by atoms with van der Waals surface area (Å²) in [6.07, 6.45) is 4.05. The molecule has 9 heteroatoms. The van der Waals surface area contributed by atoms with Gasteiger partial charge in [-0.15, -0.1) is 0 Å². The summed E-state index contributed by atoms with van der Waals surface area (Å²) in [5.74, 6) is -0.727. The number of rotatable bonds is 7. The molecule has 1 aromatic rings. The lowest BCUT2D eigenvalue weighted by atomic mass is 10.1. The van der Waals surface area contributed by atoms with Crippen LogP contribution in [0, 0.1) is 5.92 Å². The summed E-state index contributed by atoms with van der Waals surface area (Å²) in [7, 11) is -1.94. The molecule has 2 atom stereocenters. The van der Waals surface area contributed by atoms with E-state index in [1.54, 1.807) is 28.4 Å². The van der Waals surface area contributed by atoms with Crippen molar-refractivity contribution >= 4 is 27.5 Å². The maximum absolute atomic E-state index is 12.9. The molecule has 2 aliphatic rings. The van der Waals surface area contributed by atoms with Crippen molar-refractivity contribution in [3.63, 3.8) is 0 Å². The number of amides is 2. The maximum atomic E-state index is 12.9. The highest BCUT2D eigenvalue weighted by Gasteiger charge is 2.36. The van der Waals surface area contributed by atoms with E-state index in [0.717, 1.165) is 25.7 Å². The van der Waals surface area contributed by atoms with Crippen molar-refractivity contribution in [1.82, 2.24) is 9.21 Å². The molecule has 0 bridgehead atoms. The van der Waals surface area contributed by atoms with E-state index in [9.17, 15) is 18.0 Å². The van der Waals surface area contributed by atoms with Gasteiger partial charge in [0.2, 0.25) is 21.8 Å². The van der Waals surface area contributed by atoms with Crippen LogP contribution >= 0.6 is 0 Å². The minimum atomic E-state index is -3.52. The van der Waals surface area contributed by atoms with Crippen LogP contribution in [0.1, 0.15) is 39.0 Å². The van der Waals surface area contributed by atoms with E-state index >= 15 is 0 Å². The highest BCUT2D eigenvalue weighted by molar-refractivity contribution is 7.89. The number of benzene rings is 1. The van der Waals surface area contributed by atoms with E-state index in [-0.39, 0.29) is 29.2 Å². The predicted molar refractivity (Wildman–Crippen MR) is 113 cm³/mol. The first-order chi connectivity index (χ1) is 14.3. The molecule has 2 saturated heterocycles. The van der Waals surface area contributed by atoms with Gasteiger partial charge in [0.1, 0.15) is 0 Å². The zero-order valence-corrected chi connectivity index (χ0v) is 18.5. The second kappa shape index (κ2) is 9.89. The normalized spacial score (nSPS) is 22.0. The molecule has 2 amide bonds. The third-order valence-corrected chi connectivity index (χ3v) is 7.71. The standard InChI is InChI=1S/C21H31N3O5S/c1-16(15-29-2)24-14-17(13-20(24)25)21(26)22-18-7-9-19(10-8-18)30(27,28)23-11-5-3-4-6-12-23/h7-10,16-17H,3-6,11-15H2,1-2H3,(H,22,26)/t16-,17-/m1/s1. The Morgan fingerprint density at radius 3 is 2.40 bits per heavy atom. The number of anilines is 1. The highest BCUT2D eigenvalue weighted by Crippen LogP contribution is 2.24. The number of nitrogens with zero attached hydrogens (tertiary/aromatic N) is 2. The summed E-state index contributed by atoms with van der Waals surface area (Å²) < 4.78 is 32.4. The summed E-state index contributed by atoms with van der Waals surface area (Å²) in [5.41, 5.74) is 0.519. The van der Waals surface area contributed by atoms with Crippen LogP contribution < -0.4 is 5.32 Å². The Labute approximate surface area is 178 Å². The lowest BCUT2D eigenvalue weighted by molar-refractivity contribution is -0.130. The lowest BCUT2D eigenvalue weighted by Crippen LogP contribution is -2.38. The van der Waals surface area contributed by atoms with Gasteiger partial charge in [-0.2, -0.15) is 4.31 Å². The van der Waals surface area contributed by atoms with Crippen LogP contribution in [0.3, 0.4) is 0 Å². The molecule has 0 saturated carbocycles. The molecule has 1 N–H and O–H groups in total. The molecular weight excluding hydrogens is 406 g/mol. The van der Waals surface area contributed by atoms with Crippen molar-refractivity contribution in [3.05, 3.63) is 24.3 Å². The molecule has 2 heterocycles. The van der Waals surface area contributed by atoms with Gasteiger partial charge in [0.05, 0.1) is 23.5 Å². The van der Waals surface area contributed by atoms with Gasteiger partial charge in [-0.05, 0) is 44.0 Å². The number of nitrogens with one attached hydrogen (secondary N) is 1. The number of carbonyl (C=O) groups is 2. The Kier molecular flexibility index (Phi) is 7.49. The van der Waals surface area contributed by atoms with E-state index in [0.29, 0.717) is 31.9 Å². The summed E-state index contributed by atoms with van der Waals surface area (Å²) in [6, 6.07) is 6.18. The summed E-state index contributed by atoms with van der Waals surface area (Å²) in [6.45, 7) is 3.78. The van der Waals surface area contributed by atoms with E-state index in [1.165, 1.54) is 12.1 Å². The second-order valence-electron chi connectivity index (χ2n) is 8.08. The van der Waals surface area contributed by atoms with E-state index in [2.05, 4.69) is 5.32 Å². The Hall–Kier alpha value is -1.97. The predicted octanol–water partition coefficient (Wildman–Crippen LogP) is 2.07. The Balaban J connectivity index is 1.61. The number of likely N-dealkylation sites (tertiary alicyclic amines) is 1. The number of hydrogen-bond donors (Lipinski definition) is 1. The van der Waals surface area contributed by atoms with E-state index < -0.39 is 15.9 Å². The van der Waals surface area contributed by atoms with Crippen LogP contribution in [0.15, 0.2) is 29.2 Å². The smallest absolute Gasteiger partial charge is 0.243 e. The number of ether oxygens (including phenoxy) is 1. The molecule has 8 nitrogen and oxygen atoms in total. The van der Waals surface area contributed by atoms with Crippen LogP contribution in [0.4, 0.5) is 5.69 Å². The van der Waals surface area contributed by atoms with Gasteiger partial charge in [-0.1, -0.05) is 12.8 Å². The van der Waals surface area contributed by atoms with Gasteiger partial charge in [0.15, 0.2) is 0 Å². The maximum Gasteiger partial charge on any atom is 0.243 e. The Morgan fingerprint density at radius 1 is 1.17 bits per heavy atom. The molecule has 0 spiro atoms. The molecule has 166 valence electrons. The topological polar surface area (TPSA) is 96.0 Å². The first-order valence-electron chi connectivity index (χ1n) is 10.5. The zero-order valence-electron chi connectivity index (χ0n) is 17.7. The van der Waals surface area contributed by atoms with Gasteiger partial charge in [-0.25, -0.2) is 8.42 Å². The van der Waals surface area contributed by atoms with E-state index in [1.807, 2.05) is 6.92 Å². The molecule has 0 unspecified atom stereocenters. The summed E-state index contributed by atoms with van der Waals surface area (Å²) >= 11 is 0. The lowest BCUT2D eigenvalue weighted by Gasteiger charge is -2.23. The molecule has 30 heavy (non-hydrogen) atoms. The molecule has 0 aliphatic carbocycles. The fourth-order valence-corrected chi connectivity index (χ4v) is 5.57. The Morgan fingerprint density at radius 2 is 1.80 bits per heavy atom. The molecule has 0 aromatic heterocycles. The number of methoxy groups -OCH3 is 1. The van der Waals surface area contributed by atoms with Crippen LogP contribution in [-0.4, -0.2) is 68.8 Å². The Bertz CT molecular complexity index is 848. The van der Waals surface area contributed by atoms with Crippen LogP contribution in [-0.2, 0) is 24.3 Å². The van der Waals surface area contributed by atoms with Crippen molar-refractivity contribution in [1.29, 1.82) is 0 Å². The first-order valence-corrected chi connectivity index (χ1v) is 12.0. The molecule has 3 rings (SSSR count). The third-order valence-electron chi connectivity index (χ3n) is 5.79. The van der Waals surface area contributed by atoms with Crippen molar-refractivity contribution < 1.29 is 22.7 Å². The largest absolute Gasteiger partial charge is 0.383 e. The van der Waals surface area contributed by atoms with Crippen molar-refractivity contribution in [2.75, 3.05) is 38.7 Å². The number of carbonyl (C=O) groups excluding carboxylic acids is 2. The van der Waals surface area contributed by atoms with Crippen molar-refractivity contribution in [2.24, 2.45) is 5.92 Å². The fourth-order valence-electron chi connectivity index (χ4n) is 4.05. The monoisotopic (exact) mass is 437 g/mol. The fraction of sp³-hybridized carbons (Fsp3) is 0.619. The third kappa shape index (κ3) is 5.19. The van der Waals surface area contributed by atoms with Gasteiger partial charge < -0.3 is 15.0 Å². The van der Waals surface area contributed by atoms with Crippen LogP contribution in [0.2, 0.25) is 0 Å². The molecule has 0 radical (unpaired) electrons. The van der Waals surface area contributed by atoms with Crippen LogP contribution in [0.5, 0.6) is 0 Å². The SMILES string of the molecule is COC[C@@H](C)N1C[C@H](C(=O)Nc2ccc(S(=O)(=O)N3CCCCCC3)cc2)CC1=O. The average molecular weight is 438 g/mol. The van der Waals surface area contributed by atoms with Gasteiger partial charge in [0.25, 0.3) is 0 Å². The molecule has 2 aliphatic heterocycles. The average Bonchev–Trinajstić information content (AvgIpc) is 2.92. The highest BCUT2D eigenvalue weighted by atomic mass is 32.2. The van der Waals surface area contributed by atoms with Gasteiger partial charge >= 0.3 is 0 Å². The minimum Gasteiger partial charge on any atom is -0.383 e. The molecular formula is C21H31N3O5S.